The van der Waals surface area contributed by atoms with Crippen molar-refractivity contribution in [3.63, 3.8) is 0 Å². The highest BCUT2D eigenvalue weighted by Gasteiger charge is 2.25. The van der Waals surface area contributed by atoms with Gasteiger partial charge in [0.15, 0.2) is 0 Å². The topological polar surface area (TPSA) is 73.9 Å². The Morgan fingerprint density at radius 1 is 1.09 bits per heavy atom. The lowest BCUT2D eigenvalue weighted by molar-refractivity contribution is -0.111. The number of thiophene rings is 1. The van der Waals surface area contributed by atoms with Crippen molar-refractivity contribution >= 4 is 45.9 Å². The summed E-state index contributed by atoms with van der Waals surface area (Å²) in [4.78, 5) is 26.4. The van der Waals surface area contributed by atoms with Gasteiger partial charge in [-0.25, -0.2) is 4.79 Å². The Bertz CT molecular complexity index is 1180. The van der Waals surface area contributed by atoms with E-state index in [1.54, 1.807) is 57.6 Å². The molecule has 172 valence electrons. The van der Waals surface area contributed by atoms with Crippen LogP contribution >= 0.6 is 22.9 Å². The number of amides is 1. The zero-order valence-electron chi connectivity index (χ0n) is 18.7. The first kappa shape index (κ1) is 24.4. The van der Waals surface area contributed by atoms with Gasteiger partial charge in [-0.05, 0) is 49.8 Å². The summed E-state index contributed by atoms with van der Waals surface area (Å²) in [5.41, 5.74) is 2.56. The molecular formula is C25H24ClNO5S. The Hall–Kier alpha value is -3.29. The highest BCUT2D eigenvalue weighted by Crippen LogP contribution is 2.40. The summed E-state index contributed by atoms with van der Waals surface area (Å²) < 4.78 is 15.8. The molecule has 3 aromatic rings. The number of aryl methyl sites for hydroxylation is 1. The summed E-state index contributed by atoms with van der Waals surface area (Å²) in [6.45, 7) is 3.85. The molecule has 0 bridgehead atoms. The Morgan fingerprint density at radius 3 is 2.45 bits per heavy atom. The average molecular weight is 486 g/mol. The molecule has 0 aliphatic heterocycles. The number of ether oxygens (including phenoxy) is 3. The number of hydrogen-bond acceptors (Lipinski definition) is 6. The van der Waals surface area contributed by atoms with Crippen molar-refractivity contribution in [3.05, 3.63) is 69.6 Å². The molecule has 0 radical (unpaired) electrons. The van der Waals surface area contributed by atoms with Gasteiger partial charge >= 0.3 is 5.97 Å². The zero-order valence-corrected chi connectivity index (χ0v) is 20.3. The molecule has 0 saturated heterocycles. The first-order valence-corrected chi connectivity index (χ1v) is 11.3. The largest absolute Gasteiger partial charge is 0.497 e. The van der Waals surface area contributed by atoms with Crippen LogP contribution in [0.25, 0.3) is 17.2 Å². The van der Waals surface area contributed by atoms with E-state index in [1.165, 1.54) is 17.4 Å². The lowest BCUT2D eigenvalue weighted by Gasteiger charge is -2.09. The molecule has 0 saturated carbocycles. The second-order valence-electron chi connectivity index (χ2n) is 6.90. The van der Waals surface area contributed by atoms with Crippen LogP contribution in [0.1, 0.15) is 27.7 Å². The van der Waals surface area contributed by atoms with Crippen molar-refractivity contribution in [2.24, 2.45) is 0 Å². The van der Waals surface area contributed by atoms with Crippen LogP contribution in [0, 0.1) is 6.92 Å². The maximum absolute atomic E-state index is 12.8. The molecule has 0 aliphatic rings. The second-order valence-corrected chi connectivity index (χ2v) is 8.56. The van der Waals surface area contributed by atoms with E-state index >= 15 is 0 Å². The minimum absolute atomic E-state index is 0.221. The molecule has 0 fully saturated rings. The normalized spacial score (nSPS) is 10.8. The van der Waals surface area contributed by atoms with Gasteiger partial charge < -0.3 is 19.5 Å². The molecule has 0 spiro atoms. The second kappa shape index (κ2) is 11.0. The number of hydrogen-bond donors (Lipinski definition) is 1. The predicted octanol–water partition coefficient (Wildman–Crippen LogP) is 6.22. The van der Waals surface area contributed by atoms with Crippen LogP contribution in [-0.2, 0) is 9.53 Å². The first-order valence-electron chi connectivity index (χ1n) is 10.2. The fourth-order valence-electron chi connectivity index (χ4n) is 3.27. The van der Waals surface area contributed by atoms with Crippen LogP contribution in [-0.4, -0.2) is 32.7 Å². The monoisotopic (exact) mass is 485 g/mol. The lowest BCUT2D eigenvalue weighted by atomic mass is 10.0. The van der Waals surface area contributed by atoms with Crippen molar-refractivity contribution < 1.29 is 23.8 Å². The van der Waals surface area contributed by atoms with Gasteiger partial charge in [0.2, 0.25) is 5.91 Å². The Kier molecular flexibility index (Phi) is 8.14. The minimum Gasteiger partial charge on any atom is -0.497 e. The quantitative estimate of drug-likeness (QED) is 0.302. The summed E-state index contributed by atoms with van der Waals surface area (Å²) in [6.07, 6.45) is 3.02. The molecule has 1 heterocycles. The van der Waals surface area contributed by atoms with Crippen LogP contribution in [0.15, 0.2) is 48.5 Å². The number of benzene rings is 2. The number of esters is 1. The number of carbonyl (C=O) groups excluding carboxylic acids is 2. The highest BCUT2D eigenvalue weighted by atomic mass is 35.5. The van der Waals surface area contributed by atoms with Gasteiger partial charge in [0.25, 0.3) is 0 Å². The fraction of sp³-hybridized carbons (Fsp3) is 0.200. The molecule has 33 heavy (non-hydrogen) atoms. The van der Waals surface area contributed by atoms with Crippen LogP contribution < -0.4 is 14.8 Å². The third-order valence-corrected chi connectivity index (χ3v) is 6.06. The SMILES string of the molecule is CCOC(=O)c1c(NC(=O)/C=C/c2ccc(OC)cc2OC)sc(C)c1-c1ccc(Cl)cc1. The molecule has 1 aromatic heterocycles. The molecule has 1 amide bonds. The van der Waals surface area contributed by atoms with E-state index in [9.17, 15) is 9.59 Å². The number of carbonyl (C=O) groups is 2. The lowest BCUT2D eigenvalue weighted by Crippen LogP contribution is -2.12. The van der Waals surface area contributed by atoms with Crippen molar-refractivity contribution in [2.75, 3.05) is 26.1 Å². The Morgan fingerprint density at radius 2 is 1.82 bits per heavy atom. The van der Waals surface area contributed by atoms with Gasteiger partial charge in [0, 0.05) is 33.2 Å². The summed E-state index contributed by atoms with van der Waals surface area (Å²) in [7, 11) is 3.12. The van der Waals surface area contributed by atoms with Crippen LogP contribution in [0.5, 0.6) is 11.5 Å². The molecule has 3 rings (SSSR count). The number of methoxy groups -OCH3 is 2. The molecule has 0 aliphatic carbocycles. The van der Waals surface area contributed by atoms with Gasteiger partial charge in [0.1, 0.15) is 22.1 Å². The third kappa shape index (κ3) is 5.74. The molecule has 6 nitrogen and oxygen atoms in total. The van der Waals surface area contributed by atoms with Gasteiger partial charge in [-0.1, -0.05) is 23.7 Å². The van der Waals surface area contributed by atoms with E-state index in [0.717, 1.165) is 10.4 Å². The maximum atomic E-state index is 12.8. The number of anilines is 1. The van der Waals surface area contributed by atoms with Crippen molar-refractivity contribution in [1.82, 2.24) is 0 Å². The van der Waals surface area contributed by atoms with E-state index in [1.807, 2.05) is 19.1 Å². The highest BCUT2D eigenvalue weighted by molar-refractivity contribution is 7.17. The molecule has 0 unspecified atom stereocenters. The summed E-state index contributed by atoms with van der Waals surface area (Å²) >= 11 is 7.34. The Labute approximate surface area is 201 Å². The van der Waals surface area contributed by atoms with E-state index in [0.29, 0.717) is 38.2 Å². The summed E-state index contributed by atoms with van der Waals surface area (Å²) in [6, 6.07) is 12.5. The molecule has 0 atom stereocenters. The molecule has 2 aromatic carbocycles. The van der Waals surface area contributed by atoms with Crippen molar-refractivity contribution in [2.45, 2.75) is 13.8 Å². The minimum atomic E-state index is -0.497. The third-order valence-electron chi connectivity index (χ3n) is 4.79. The smallest absolute Gasteiger partial charge is 0.341 e. The molecule has 1 N–H and O–H groups in total. The van der Waals surface area contributed by atoms with E-state index < -0.39 is 5.97 Å². The number of halogens is 1. The Balaban J connectivity index is 1.92. The average Bonchev–Trinajstić information content (AvgIpc) is 3.13. The van der Waals surface area contributed by atoms with Crippen LogP contribution in [0.3, 0.4) is 0 Å². The first-order chi connectivity index (χ1) is 15.9. The van der Waals surface area contributed by atoms with Crippen LogP contribution in [0.2, 0.25) is 5.02 Å². The van der Waals surface area contributed by atoms with Crippen molar-refractivity contribution in [3.8, 4) is 22.6 Å². The fourth-order valence-corrected chi connectivity index (χ4v) is 4.46. The summed E-state index contributed by atoms with van der Waals surface area (Å²) in [5, 5.41) is 3.84. The van der Waals surface area contributed by atoms with Gasteiger partial charge in [-0.15, -0.1) is 11.3 Å². The van der Waals surface area contributed by atoms with E-state index in [-0.39, 0.29) is 12.5 Å². The number of rotatable bonds is 8. The molecular weight excluding hydrogens is 462 g/mol. The predicted molar refractivity (Wildman–Crippen MR) is 133 cm³/mol. The maximum Gasteiger partial charge on any atom is 0.341 e. The number of nitrogens with one attached hydrogen (secondary N) is 1. The summed E-state index contributed by atoms with van der Waals surface area (Å²) in [5.74, 6) is 0.337. The van der Waals surface area contributed by atoms with Crippen LogP contribution in [0.4, 0.5) is 5.00 Å². The standard InChI is InChI=1S/C25H24ClNO5S/c1-5-32-25(29)23-22(17-6-10-18(26)11-7-17)15(2)33-24(23)27-21(28)13-9-16-8-12-19(30-3)14-20(16)31-4/h6-14H,5H2,1-4H3,(H,27,28)/b13-9+. The van der Waals surface area contributed by atoms with E-state index in [4.69, 9.17) is 25.8 Å². The van der Waals surface area contributed by atoms with Gasteiger partial charge in [0.05, 0.1) is 20.8 Å². The zero-order chi connectivity index (χ0) is 24.0. The van der Waals surface area contributed by atoms with Gasteiger partial charge in [-0.2, -0.15) is 0 Å². The van der Waals surface area contributed by atoms with E-state index in [2.05, 4.69) is 5.32 Å². The molecule has 8 heteroatoms. The van der Waals surface area contributed by atoms with Gasteiger partial charge in [-0.3, -0.25) is 4.79 Å². The van der Waals surface area contributed by atoms with Crippen molar-refractivity contribution in [1.29, 1.82) is 0 Å².